The summed E-state index contributed by atoms with van der Waals surface area (Å²) in [5.74, 6) is 3.00. The van der Waals surface area contributed by atoms with Crippen molar-refractivity contribution < 1.29 is 9.53 Å². The van der Waals surface area contributed by atoms with E-state index in [-0.39, 0.29) is 5.91 Å². The van der Waals surface area contributed by atoms with Crippen molar-refractivity contribution in [3.63, 3.8) is 0 Å². The number of ether oxygens (including phenoxy) is 1. The van der Waals surface area contributed by atoms with Crippen LogP contribution in [-0.2, 0) is 0 Å². The van der Waals surface area contributed by atoms with Gasteiger partial charge in [0.25, 0.3) is 5.91 Å². The van der Waals surface area contributed by atoms with Crippen LogP contribution in [-0.4, -0.2) is 63.8 Å². The van der Waals surface area contributed by atoms with Gasteiger partial charge in [0.15, 0.2) is 5.65 Å². The first-order chi connectivity index (χ1) is 18.0. The third-order valence-electron chi connectivity index (χ3n) is 7.32. The van der Waals surface area contributed by atoms with Crippen LogP contribution in [0.3, 0.4) is 0 Å². The van der Waals surface area contributed by atoms with Crippen molar-refractivity contribution >= 4 is 22.8 Å². The van der Waals surface area contributed by atoms with E-state index in [9.17, 15) is 4.79 Å². The maximum Gasteiger partial charge on any atom is 0.254 e. The van der Waals surface area contributed by atoms with E-state index in [1.165, 1.54) is 5.56 Å². The van der Waals surface area contributed by atoms with Crippen LogP contribution in [0.15, 0.2) is 48.5 Å². The summed E-state index contributed by atoms with van der Waals surface area (Å²) in [6, 6.07) is 15.8. The van der Waals surface area contributed by atoms with E-state index in [1.807, 2.05) is 40.8 Å². The largest absolute Gasteiger partial charge is 0.497 e. The van der Waals surface area contributed by atoms with E-state index < -0.39 is 0 Å². The minimum atomic E-state index is 0.0376. The second-order valence-electron chi connectivity index (χ2n) is 10.1. The molecule has 190 valence electrons. The lowest BCUT2D eigenvalue weighted by Gasteiger charge is -2.24. The van der Waals surface area contributed by atoms with Gasteiger partial charge in [-0.1, -0.05) is 23.8 Å². The summed E-state index contributed by atoms with van der Waals surface area (Å²) in [4.78, 5) is 27.7. The monoisotopic (exact) mass is 496 g/mol. The zero-order chi connectivity index (χ0) is 25.5. The van der Waals surface area contributed by atoms with Crippen LogP contribution < -0.4 is 9.64 Å². The zero-order valence-electron chi connectivity index (χ0n) is 21.6. The second kappa shape index (κ2) is 9.50. The lowest BCUT2D eigenvalue weighted by atomic mass is 10.2. The average molecular weight is 497 g/mol. The molecule has 1 saturated heterocycles. The van der Waals surface area contributed by atoms with Crippen molar-refractivity contribution in [2.45, 2.75) is 39.0 Å². The second-order valence-corrected chi connectivity index (χ2v) is 10.1. The summed E-state index contributed by atoms with van der Waals surface area (Å²) in [6.07, 6.45) is 3.13. The molecule has 1 saturated carbocycles. The Labute approximate surface area is 216 Å². The number of methoxy groups -OCH3 is 1. The van der Waals surface area contributed by atoms with E-state index in [0.29, 0.717) is 36.9 Å². The van der Waals surface area contributed by atoms with Crippen molar-refractivity contribution in [1.82, 2.24) is 24.6 Å². The van der Waals surface area contributed by atoms with Gasteiger partial charge in [0.2, 0.25) is 0 Å². The van der Waals surface area contributed by atoms with E-state index in [4.69, 9.17) is 19.8 Å². The predicted octanol–water partition coefficient (Wildman–Crippen LogP) is 4.67. The van der Waals surface area contributed by atoms with Gasteiger partial charge in [0.05, 0.1) is 23.9 Å². The fourth-order valence-corrected chi connectivity index (χ4v) is 5.07. The molecule has 37 heavy (non-hydrogen) atoms. The minimum absolute atomic E-state index is 0.0376. The molecule has 0 bridgehead atoms. The highest BCUT2D eigenvalue weighted by molar-refractivity contribution is 5.95. The van der Waals surface area contributed by atoms with E-state index in [0.717, 1.165) is 59.9 Å². The predicted molar refractivity (Wildman–Crippen MR) is 144 cm³/mol. The Morgan fingerprint density at radius 3 is 2.54 bits per heavy atom. The summed E-state index contributed by atoms with van der Waals surface area (Å²) >= 11 is 0. The van der Waals surface area contributed by atoms with E-state index in [1.54, 1.807) is 7.11 Å². The number of anilines is 1. The summed E-state index contributed by atoms with van der Waals surface area (Å²) in [5.41, 5.74) is 4.65. The van der Waals surface area contributed by atoms with Crippen molar-refractivity contribution in [2.75, 3.05) is 38.2 Å². The maximum absolute atomic E-state index is 13.3. The van der Waals surface area contributed by atoms with Crippen molar-refractivity contribution in [3.8, 4) is 11.4 Å². The lowest BCUT2D eigenvalue weighted by Crippen LogP contribution is -2.35. The number of carbonyl (C=O) groups excluding carboxylic acids is 1. The molecular formula is C29H32N6O2. The number of aryl methyl sites for hydroxylation is 2. The number of carbonyl (C=O) groups is 1. The molecule has 8 nitrogen and oxygen atoms in total. The van der Waals surface area contributed by atoms with Gasteiger partial charge < -0.3 is 14.5 Å². The summed E-state index contributed by atoms with van der Waals surface area (Å²) in [7, 11) is 1.62. The standard InChI is InChI=1S/C29H32N6O2/c1-19-8-12-23(13-9-19)35-28-25(20(2)32-35)27(30-26(31-28)21-10-11-21)33-14-5-15-34(17-16-33)29(36)22-6-4-7-24(18-22)37-3/h4,6-9,12-13,18,21H,5,10-11,14-17H2,1-3H3. The maximum atomic E-state index is 13.3. The number of amides is 1. The normalized spacial score (nSPS) is 16.2. The molecule has 1 amide bonds. The molecule has 0 unspecified atom stereocenters. The lowest BCUT2D eigenvalue weighted by molar-refractivity contribution is 0.0766. The first kappa shape index (κ1) is 23.5. The fraction of sp³-hybridized carbons (Fsp3) is 0.379. The minimum Gasteiger partial charge on any atom is -0.497 e. The molecule has 8 heteroatoms. The molecule has 0 spiro atoms. The molecule has 6 rings (SSSR count). The van der Waals surface area contributed by atoms with Crippen LogP contribution in [0, 0.1) is 13.8 Å². The molecule has 3 heterocycles. The number of nitrogens with zero attached hydrogens (tertiary/aromatic N) is 6. The number of fused-ring (bicyclic) bond motifs is 1. The Kier molecular flexibility index (Phi) is 6.02. The third-order valence-corrected chi connectivity index (χ3v) is 7.32. The number of rotatable bonds is 5. The molecule has 0 N–H and O–H groups in total. The first-order valence-electron chi connectivity index (χ1n) is 13.0. The SMILES string of the molecule is COc1cccc(C(=O)N2CCCN(c3nc(C4CC4)nc4c3c(C)nn4-c3ccc(C)cc3)CC2)c1. The molecule has 2 aromatic heterocycles. The van der Waals surface area contributed by atoms with Gasteiger partial charge >= 0.3 is 0 Å². The molecule has 2 fully saturated rings. The quantitative estimate of drug-likeness (QED) is 0.400. The molecule has 0 atom stereocenters. The molecule has 2 aromatic carbocycles. The Hall–Kier alpha value is -3.94. The molecule has 1 aliphatic carbocycles. The topological polar surface area (TPSA) is 76.4 Å². The molecule has 2 aliphatic rings. The zero-order valence-corrected chi connectivity index (χ0v) is 21.6. The van der Waals surface area contributed by atoms with Crippen molar-refractivity contribution in [1.29, 1.82) is 0 Å². The highest BCUT2D eigenvalue weighted by Gasteiger charge is 2.31. The number of hydrogen-bond donors (Lipinski definition) is 0. The Balaban J connectivity index is 1.33. The molecule has 1 aliphatic heterocycles. The van der Waals surface area contributed by atoms with Crippen LogP contribution in [0.1, 0.15) is 52.6 Å². The smallest absolute Gasteiger partial charge is 0.254 e. The van der Waals surface area contributed by atoms with E-state index in [2.05, 4.69) is 36.1 Å². The van der Waals surface area contributed by atoms with E-state index >= 15 is 0 Å². The van der Waals surface area contributed by atoms with Gasteiger partial charge in [-0.3, -0.25) is 4.79 Å². The van der Waals surface area contributed by atoms with Gasteiger partial charge in [0, 0.05) is 37.7 Å². The molecule has 0 radical (unpaired) electrons. The van der Waals surface area contributed by atoms with Gasteiger partial charge in [-0.25, -0.2) is 14.6 Å². The first-order valence-corrected chi connectivity index (χ1v) is 13.0. The van der Waals surface area contributed by atoms with Gasteiger partial charge in [0.1, 0.15) is 17.4 Å². The molecular weight excluding hydrogens is 464 g/mol. The average Bonchev–Trinajstić information content (AvgIpc) is 3.75. The van der Waals surface area contributed by atoms with Crippen LogP contribution in [0.25, 0.3) is 16.7 Å². The number of hydrogen-bond acceptors (Lipinski definition) is 6. The van der Waals surface area contributed by atoms with Crippen molar-refractivity contribution in [2.24, 2.45) is 0 Å². The summed E-state index contributed by atoms with van der Waals surface area (Å²) < 4.78 is 7.27. The Morgan fingerprint density at radius 2 is 1.78 bits per heavy atom. The number of benzene rings is 2. The number of aromatic nitrogens is 4. The molecule has 4 aromatic rings. The highest BCUT2D eigenvalue weighted by atomic mass is 16.5. The fourth-order valence-electron chi connectivity index (χ4n) is 5.07. The van der Waals surface area contributed by atoms with Crippen LogP contribution in [0.4, 0.5) is 5.82 Å². The Bertz CT molecular complexity index is 1460. The third kappa shape index (κ3) is 4.52. The summed E-state index contributed by atoms with van der Waals surface area (Å²) in [6.45, 7) is 6.99. The van der Waals surface area contributed by atoms with Crippen LogP contribution in [0.2, 0.25) is 0 Å². The Morgan fingerprint density at radius 1 is 0.973 bits per heavy atom. The van der Waals surface area contributed by atoms with Gasteiger partial charge in [-0.2, -0.15) is 5.10 Å². The summed E-state index contributed by atoms with van der Waals surface area (Å²) in [5, 5.41) is 5.90. The van der Waals surface area contributed by atoms with Crippen molar-refractivity contribution in [3.05, 3.63) is 71.2 Å². The van der Waals surface area contributed by atoms with Gasteiger partial charge in [-0.15, -0.1) is 0 Å². The van der Waals surface area contributed by atoms with Gasteiger partial charge in [-0.05, 0) is 63.4 Å². The van der Waals surface area contributed by atoms with Crippen LogP contribution >= 0.6 is 0 Å². The highest BCUT2D eigenvalue weighted by Crippen LogP contribution is 2.40. The van der Waals surface area contributed by atoms with Crippen LogP contribution in [0.5, 0.6) is 5.75 Å².